The minimum Gasteiger partial charge on any atom is -0.455 e. The van der Waals surface area contributed by atoms with Crippen molar-refractivity contribution in [3.8, 4) is 56.0 Å². The first-order valence-electron chi connectivity index (χ1n) is 21.0. The standard InChI is InChI=1S/C59H39NO/c1-4-17-40(18-5-1)41-31-34-45(35-32-41)60(55-29-16-30-56-57(55)51-27-13-12-25-48(51)52-37-33-42-19-10-11-24-47(42)58(52)61-56)46-36-38-50-49-26-14-15-28-53(49)59(54(50)39-46,43-20-6-2-7-21-43)44-22-8-3-9-23-44/h1-39H. The molecule has 0 bridgehead atoms. The van der Waals surface area contributed by atoms with Crippen molar-refractivity contribution in [3.63, 3.8) is 0 Å². The van der Waals surface area contributed by atoms with Gasteiger partial charge < -0.3 is 9.64 Å². The number of fused-ring (bicyclic) bond motifs is 10. The largest absolute Gasteiger partial charge is 0.455 e. The fourth-order valence-corrected chi connectivity index (χ4v) is 10.1. The summed E-state index contributed by atoms with van der Waals surface area (Å²) in [5.74, 6) is 1.70. The zero-order chi connectivity index (χ0) is 40.3. The number of ether oxygens (including phenoxy) is 1. The summed E-state index contributed by atoms with van der Waals surface area (Å²) >= 11 is 0. The maximum absolute atomic E-state index is 7.18. The molecule has 10 aromatic rings. The second-order valence-electron chi connectivity index (χ2n) is 16.0. The van der Waals surface area contributed by atoms with Gasteiger partial charge in [0, 0.05) is 27.9 Å². The summed E-state index contributed by atoms with van der Waals surface area (Å²) in [4.78, 5) is 2.44. The van der Waals surface area contributed by atoms with Gasteiger partial charge in [-0.05, 0) is 103 Å². The molecule has 0 aromatic heterocycles. The van der Waals surface area contributed by atoms with Gasteiger partial charge in [0.15, 0.2) is 0 Å². The van der Waals surface area contributed by atoms with E-state index in [1.807, 2.05) is 0 Å². The Hall–Kier alpha value is -7.94. The molecule has 2 heteroatoms. The van der Waals surface area contributed by atoms with Crippen LogP contribution >= 0.6 is 0 Å². The minimum atomic E-state index is -0.542. The third-order valence-electron chi connectivity index (χ3n) is 12.8. The topological polar surface area (TPSA) is 12.5 Å². The molecule has 0 unspecified atom stereocenters. The molecular weight excluding hydrogens is 739 g/mol. The van der Waals surface area contributed by atoms with Crippen molar-refractivity contribution in [2.75, 3.05) is 4.90 Å². The highest BCUT2D eigenvalue weighted by molar-refractivity contribution is 6.04. The van der Waals surface area contributed by atoms with Crippen molar-refractivity contribution >= 4 is 27.8 Å². The molecule has 10 aromatic carbocycles. The van der Waals surface area contributed by atoms with Gasteiger partial charge in [0.2, 0.25) is 0 Å². The molecular formula is C59H39NO. The molecule has 0 amide bonds. The SMILES string of the molecule is c1ccc(-c2ccc(N(c3ccc4c(c3)C(c3ccccc3)(c3ccccc3)c3ccccc3-4)c3cccc4c3-c3ccccc3-c3ccc5ccccc5c3O4)cc2)cc1. The minimum absolute atomic E-state index is 0.542. The van der Waals surface area contributed by atoms with Crippen molar-refractivity contribution in [1.82, 2.24) is 0 Å². The van der Waals surface area contributed by atoms with Gasteiger partial charge in [0.25, 0.3) is 0 Å². The summed E-state index contributed by atoms with van der Waals surface area (Å²) in [7, 11) is 0. The molecule has 1 aliphatic carbocycles. The van der Waals surface area contributed by atoms with Crippen molar-refractivity contribution in [2.45, 2.75) is 5.41 Å². The van der Waals surface area contributed by atoms with E-state index >= 15 is 0 Å². The van der Waals surface area contributed by atoms with Crippen LogP contribution in [0.25, 0.3) is 55.3 Å². The Morgan fingerprint density at radius 1 is 0.361 bits per heavy atom. The molecule has 286 valence electrons. The smallest absolute Gasteiger partial charge is 0.143 e. The van der Waals surface area contributed by atoms with Crippen LogP contribution in [0.4, 0.5) is 17.1 Å². The summed E-state index contributed by atoms with van der Waals surface area (Å²) in [6, 6.07) is 85.9. The van der Waals surface area contributed by atoms with Crippen molar-refractivity contribution in [1.29, 1.82) is 0 Å². The fourth-order valence-electron chi connectivity index (χ4n) is 10.1. The van der Waals surface area contributed by atoms with Gasteiger partial charge in [-0.2, -0.15) is 0 Å². The van der Waals surface area contributed by atoms with E-state index in [2.05, 4.69) is 241 Å². The number of hydrogen-bond donors (Lipinski definition) is 0. The van der Waals surface area contributed by atoms with Crippen molar-refractivity contribution < 1.29 is 4.74 Å². The van der Waals surface area contributed by atoms with Crippen LogP contribution in [0.2, 0.25) is 0 Å². The Labute approximate surface area is 356 Å². The van der Waals surface area contributed by atoms with Crippen LogP contribution in [0.5, 0.6) is 11.5 Å². The Bertz CT molecular complexity index is 3220. The number of benzene rings is 10. The number of nitrogens with zero attached hydrogens (tertiary/aromatic N) is 1. The predicted molar refractivity (Wildman–Crippen MR) is 252 cm³/mol. The highest BCUT2D eigenvalue weighted by atomic mass is 16.5. The van der Waals surface area contributed by atoms with E-state index < -0.39 is 5.41 Å². The number of rotatable bonds is 6. The van der Waals surface area contributed by atoms with E-state index in [1.165, 1.54) is 44.5 Å². The molecule has 2 nitrogen and oxygen atoms in total. The maximum Gasteiger partial charge on any atom is 0.143 e. The van der Waals surface area contributed by atoms with Crippen molar-refractivity contribution in [2.24, 2.45) is 0 Å². The lowest BCUT2D eigenvalue weighted by molar-refractivity contribution is 0.493. The van der Waals surface area contributed by atoms with Gasteiger partial charge in [-0.1, -0.05) is 194 Å². The summed E-state index contributed by atoms with van der Waals surface area (Å²) in [6.45, 7) is 0. The molecule has 1 aliphatic heterocycles. The summed E-state index contributed by atoms with van der Waals surface area (Å²) < 4.78 is 7.18. The van der Waals surface area contributed by atoms with E-state index in [9.17, 15) is 0 Å². The Balaban J connectivity index is 1.13. The van der Waals surface area contributed by atoms with E-state index in [4.69, 9.17) is 4.74 Å². The molecule has 0 fully saturated rings. The van der Waals surface area contributed by atoms with E-state index in [-0.39, 0.29) is 0 Å². The second-order valence-corrected chi connectivity index (χ2v) is 16.0. The average Bonchev–Trinajstić information content (AvgIpc) is 3.54. The van der Waals surface area contributed by atoms with Crippen LogP contribution in [-0.4, -0.2) is 0 Å². The molecule has 0 spiro atoms. The molecule has 12 rings (SSSR count). The van der Waals surface area contributed by atoms with Gasteiger partial charge in [-0.15, -0.1) is 0 Å². The van der Waals surface area contributed by atoms with E-state index in [1.54, 1.807) is 0 Å². The highest BCUT2D eigenvalue weighted by Gasteiger charge is 2.46. The zero-order valence-electron chi connectivity index (χ0n) is 33.4. The lowest BCUT2D eigenvalue weighted by Crippen LogP contribution is -2.28. The van der Waals surface area contributed by atoms with E-state index in [0.717, 1.165) is 61.6 Å². The van der Waals surface area contributed by atoms with Gasteiger partial charge in [-0.3, -0.25) is 0 Å². The molecule has 61 heavy (non-hydrogen) atoms. The lowest BCUT2D eigenvalue weighted by Gasteiger charge is -2.35. The van der Waals surface area contributed by atoms with Crippen LogP contribution in [-0.2, 0) is 5.41 Å². The Morgan fingerprint density at radius 3 is 1.69 bits per heavy atom. The number of anilines is 3. The van der Waals surface area contributed by atoms with Crippen molar-refractivity contribution in [3.05, 3.63) is 259 Å². The monoisotopic (exact) mass is 777 g/mol. The quantitative estimate of drug-likeness (QED) is 0.167. The Morgan fingerprint density at radius 2 is 0.934 bits per heavy atom. The highest BCUT2D eigenvalue weighted by Crippen LogP contribution is 2.59. The van der Waals surface area contributed by atoms with Crippen LogP contribution < -0.4 is 9.64 Å². The summed E-state index contributed by atoms with van der Waals surface area (Å²) in [5.41, 5.74) is 16.9. The summed E-state index contributed by atoms with van der Waals surface area (Å²) in [6.07, 6.45) is 0. The molecule has 0 N–H and O–H groups in total. The number of hydrogen-bond acceptors (Lipinski definition) is 2. The van der Waals surface area contributed by atoms with Crippen LogP contribution in [0.1, 0.15) is 22.3 Å². The summed E-state index contributed by atoms with van der Waals surface area (Å²) in [5, 5.41) is 2.25. The predicted octanol–water partition coefficient (Wildman–Crippen LogP) is 15.8. The maximum atomic E-state index is 7.18. The third-order valence-corrected chi connectivity index (χ3v) is 12.8. The van der Waals surface area contributed by atoms with Crippen LogP contribution in [0.3, 0.4) is 0 Å². The van der Waals surface area contributed by atoms with Gasteiger partial charge in [0.1, 0.15) is 11.5 Å². The molecule has 0 radical (unpaired) electrons. The third kappa shape index (κ3) is 5.43. The molecule has 0 saturated carbocycles. The first-order chi connectivity index (χ1) is 30.3. The average molecular weight is 778 g/mol. The lowest BCUT2D eigenvalue weighted by atomic mass is 9.67. The van der Waals surface area contributed by atoms with Gasteiger partial charge in [-0.25, -0.2) is 0 Å². The molecule has 0 saturated heterocycles. The van der Waals surface area contributed by atoms with E-state index in [0.29, 0.717) is 0 Å². The van der Waals surface area contributed by atoms with Crippen LogP contribution in [0, 0.1) is 0 Å². The fraction of sp³-hybridized carbons (Fsp3) is 0.0169. The first kappa shape index (κ1) is 35.0. The van der Waals surface area contributed by atoms with Gasteiger partial charge >= 0.3 is 0 Å². The van der Waals surface area contributed by atoms with Crippen LogP contribution in [0.15, 0.2) is 237 Å². The molecule has 0 atom stereocenters. The second kappa shape index (κ2) is 14.1. The Kier molecular flexibility index (Phi) is 8.11. The molecule has 1 heterocycles. The first-order valence-corrected chi connectivity index (χ1v) is 21.0. The normalized spacial score (nSPS) is 12.9. The molecule has 2 aliphatic rings. The zero-order valence-corrected chi connectivity index (χ0v) is 33.4. The van der Waals surface area contributed by atoms with Gasteiger partial charge in [0.05, 0.1) is 11.1 Å².